The number of allylic oxidation sites excluding steroid dienone is 1. The van der Waals surface area contributed by atoms with E-state index in [1.54, 1.807) is 23.1 Å². The van der Waals surface area contributed by atoms with E-state index in [2.05, 4.69) is 30.1 Å². The number of oxime groups is 1. The Hall–Kier alpha value is -3.40. The van der Waals surface area contributed by atoms with Gasteiger partial charge in [0.15, 0.2) is 0 Å². The van der Waals surface area contributed by atoms with Crippen molar-refractivity contribution in [1.29, 1.82) is 0 Å². The summed E-state index contributed by atoms with van der Waals surface area (Å²) in [5.41, 5.74) is 2.31. The molecule has 0 spiro atoms. The number of rotatable bonds is 32. The molecule has 0 aromatic heterocycles. The molecule has 1 fully saturated rings. The molecule has 63 heavy (non-hydrogen) atoms. The Morgan fingerprint density at radius 1 is 0.952 bits per heavy atom. The number of nitrogens with one attached hydrogen (secondary N) is 1. The van der Waals surface area contributed by atoms with Gasteiger partial charge in [-0.3, -0.25) is 4.90 Å². The Balaban J connectivity index is 1.75. The third-order valence-corrected chi connectivity index (χ3v) is 12.6. The summed E-state index contributed by atoms with van der Waals surface area (Å²) in [7, 11) is 1.49. The largest absolute Gasteiger partial charge is 0.459 e. The molecule has 3 aliphatic rings. The van der Waals surface area contributed by atoms with Crippen LogP contribution in [0.2, 0.25) is 0 Å². The Bertz CT molecular complexity index is 1580. The minimum absolute atomic E-state index is 0.0224. The summed E-state index contributed by atoms with van der Waals surface area (Å²) in [6, 6.07) is 4.57. The maximum absolute atomic E-state index is 14.1. The summed E-state index contributed by atoms with van der Waals surface area (Å²) in [5, 5.41) is 36.7. The second kappa shape index (κ2) is 29.2. The number of amides is 2. The van der Waals surface area contributed by atoms with Crippen LogP contribution in [0.3, 0.4) is 0 Å². The highest BCUT2D eigenvalue weighted by atomic mass is 35.5. The monoisotopic (exact) mass is 906 g/mol. The fourth-order valence-corrected chi connectivity index (χ4v) is 9.76. The first-order chi connectivity index (χ1) is 30.8. The number of fused-ring (bicyclic) bond motifs is 2. The zero-order valence-electron chi connectivity index (χ0n) is 38.0. The molecule has 4 N–H and O–H groups in total. The van der Waals surface area contributed by atoms with Gasteiger partial charge in [-0.15, -0.1) is 18.2 Å². The van der Waals surface area contributed by atoms with E-state index in [1.165, 1.54) is 52.1 Å². The maximum Gasteiger partial charge on any atom is 0.412 e. The maximum atomic E-state index is 14.1. The number of carbonyl (C=O) groups is 2. The van der Waals surface area contributed by atoms with Gasteiger partial charge in [0.05, 0.1) is 43.9 Å². The van der Waals surface area contributed by atoms with E-state index < -0.39 is 29.9 Å². The Morgan fingerprint density at radius 2 is 1.67 bits per heavy atom. The molecule has 1 aliphatic heterocycles. The van der Waals surface area contributed by atoms with E-state index in [1.807, 2.05) is 6.07 Å². The van der Waals surface area contributed by atoms with Crippen LogP contribution in [0.4, 0.5) is 9.59 Å². The van der Waals surface area contributed by atoms with Crippen LogP contribution in [0.5, 0.6) is 11.5 Å². The van der Waals surface area contributed by atoms with Gasteiger partial charge in [0.25, 0.3) is 0 Å². The van der Waals surface area contributed by atoms with Gasteiger partial charge in [-0.2, -0.15) is 0 Å². The predicted molar refractivity (Wildman–Crippen MR) is 245 cm³/mol. The smallest absolute Gasteiger partial charge is 0.412 e. The molecule has 1 aromatic carbocycles. The van der Waals surface area contributed by atoms with Crippen LogP contribution >= 0.6 is 11.6 Å². The molecule has 0 saturated heterocycles. The highest BCUT2D eigenvalue weighted by Gasteiger charge is 2.65. The highest BCUT2D eigenvalue weighted by Crippen LogP contribution is 2.62. The van der Waals surface area contributed by atoms with E-state index in [-0.39, 0.29) is 82.8 Å². The molecule has 6 unspecified atom stereocenters. The summed E-state index contributed by atoms with van der Waals surface area (Å²) in [6.07, 6.45) is 19.3. The Labute approximate surface area is 380 Å². The van der Waals surface area contributed by atoms with Crippen molar-refractivity contribution in [1.82, 2.24) is 10.2 Å². The van der Waals surface area contributed by atoms with Crippen molar-refractivity contribution in [2.24, 2.45) is 22.9 Å². The summed E-state index contributed by atoms with van der Waals surface area (Å²) in [4.78, 5) is 34.4. The summed E-state index contributed by atoms with van der Waals surface area (Å²) >= 11 is 6.00. The van der Waals surface area contributed by atoms with Gasteiger partial charge < -0.3 is 49.2 Å². The van der Waals surface area contributed by atoms with E-state index in [4.69, 9.17) is 40.1 Å². The topological polar surface area (TPSA) is 178 Å². The lowest BCUT2D eigenvalue weighted by Gasteiger charge is -2.59. The van der Waals surface area contributed by atoms with Gasteiger partial charge in [0.1, 0.15) is 31.3 Å². The number of aliphatic hydroxyl groups is 3. The molecule has 2 aliphatic carbocycles. The number of carbonyl (C=O) groups excluding carboxylic acids is 2. The van der Waals surface area contributed by atoms with Crippen LogP contribution in [0, 0.1) is 17.8 Å². The second-order valence-corrected chi connectivity index (χ2v) is 17.2. The average molecular weight is 907 g/mol. The highest BCUT2D eigenvalue weighted by molar-refractivity contribution is 6.18. The van der Waals surface area contributed by atoms with Crippen molar-refractivity contribution in [3.05, 3.63) is 48.1 Å². The summed E-state index contributed by atoms with van der Waals surface area (Å²) in [6.45, 7) is 6.98. The minimum Gasteiger partial charge on any atom is -0.459 e. The summed E-state index contributed by atoms with van der Waals surface area (Å²) in [5.74, 6) is -1.41. The molecule has 6 atom stereocenters. The standard InChI is InChI=1S/C48H76ClN3O11/c1-4-6-7-8-9-10-11-12-13-16-24-50-46(56)62-37-21-22-42-40(34-37)44-38(20-15-18-27-54)36(19-14-17-26-53)33-39-41(51-58-3)35-43(48(63-42,45(39)44)61-29-5-2)52(25-31-59-32-28-55)47(57)60-30-23-49/h5,21-22,33-34,36,38,43-45,53-55H,2,4,6-20,23-32,35H2,1,3H3,(H,50,56). The van der Waals surface area contributed by atoms with E-state index in [9.17, 15) is 24.9 Å². The van der Waals surface area contributed by atoms with Gasteiger partial charge in [0, 0.05) is 44.2 Å². The zero-order valence-corrected chi connectivity index (χ0v) is 38.7. The van der Waals surface area contributed by atoms with Gasteiger partial charge in [-0.05, 0) is 67.7 Å². The first-order valence-corrected chi connectivity index (χ1v) is 24.1. The van der Waals surface area contributed by atoms with Gasteiger partial charge in [-0.25, -0.2) is 9.59 Å². The van der Waals surface area contributed by atoms with Crippen molar-refractivity contribution in [2.45, 2.75) is 134 Å². The number of hydrogen-bond donors (Lipinski definition) is 4. The number of alkyl halides is 1. The normalized spacial score (nSPS) is 22.9. The lowest BCUT2D eigenvalue weighted by molar-refractivity contribution is -0.256. The van der Waals surface area contributed by atoms with E-state index >= 15 is 0 Å². The summed E-state index contributed by atoms with van der Waals surface area (Å²) < 4.78 is 31.4. The SMILES string of the molecule is C=CCOC12Oc3ccc(OC(=O)NCCCCCCCCCCCC)cc3C3C(CCCCO)C(CCCCO)C=C(C(=NOC)CC1N(CCOCCO)C(=O)OCCCl)C32. The van der Waals surface area contributed by atoms with E-state index in [0.717, 1.165) is 56.1 Å². The fourth-order valence-electron chi connectivity index (χ4n) is 9.68. The van der Waals surface area contributed by atoms with Crippen LogP contribution in [0.15, 0.2) is 47.7 Å². The van der Waals surface area contributed by atoms with Crippen LogP contribution in [0.1, 0.15) is 128 Å². The van der Waals surface area contributed by atoms with Crippen LogP contribution in [0.25, 0.3) is 0 Å². The number of nitrogens with zero attached hydrogens (tertiary/aromatic N) is 2. The lowest BCUT2D eigenvalue weighted by Crippen LogP contribution is -2.70. The molecular formula is C48H76ClN3O11. The van der Waals surface area contributed by atoms with Gasteiger partial charge in [-0.1, -0.05) is 94.9 Å². The number of unbranched alkanes of at least 4 members (excludes halogenated alkanes) is 11. The quantitative estimate of drug-likeness (QED) is 0.0236. The number of aliphatic hydroxyl groups excluding tert-OH is 3. The van der Waals surface area contributed by atoms with Crippen LogP contribution < -0.4 is 14.8 Å². The Morgan fingerprint density at radius 3 is 2.33 bits per heavy atom. The molecule has 0 radical (unpaired) electrons. The molecule has 0 bridgehead atoms. The van der Waals surface area contributed by atoms with Crippen molar-refractivity contribution >= 4 is 29.5 Å². The molecular weight excluding hydrogens is 830 g/mol. The van der Waals surface area contributed by atoms with Crippen molar-refractivity contribution < 1.29 is 53.4 Å². The lowest BCUT2D eigenvalue weighted by atomic mass is 9.55. The van der Waals surface area contributed by atoms with Gasteiger partial charge >= 0.3 is 12.2 Å². The molecule has 1 saturated carbocycles. The first-order valence-electron chi connectivity index (χ1n) is 23.6. The zero-order chi connectivity index (χ0) is 45.3. The number of halogens is 1. The third-order valence-electron chi connectivity index (χ3n) is 12.5. The number of benzene rings is 1. The first kappa shape index (κ1) is 52.2. The van der Waals surface area contributed by atoms with Crippen molar-refractivity contribution in [3.63, 3.8) is 0 Å². The third kappa shape index (κ3) is 15.1. The minimum atomic E-state index is -1.51. The predicted octanol–water partition coefficient (Wildman–Crippen LogP) is 8.65. The molecule has 2 amide bonds. The second-order valence-electron chi connectivity index (χ2n) is 16.8. The number of hydrogen-bond acceptors (Lipinski definition) is 12. The Kier molecular flexibility index (Phi) is 24.2. The average Bonchev–Trinajstić information content (AvgIpc) is 3.28. The molecule has 1 heterocycles. The van der Waals surface area contributed by atoms with Crippen LogP contribution in [-0.4, -0.2) is 122 Å². The fraction of sp³-hybridized carbons (Fsp3) is 0.729. The van der Waals surface area contributed by atoms with Gasteiger partial charge in [0.2, 0.25) is 5.79 Å². The molecule has 356 valence electrons. The molecule has 1 aromatic rings. The molecule has 14 nitrogen and oxygen atoms in total. The van der Waals surface area contributed by atoms with Crippen molar-refractivity contribution in [3.8, 4) is 11.5 Å². The van der Waals surface area contributed by atoms with E-state index in [0.29, 0.717) is 36.6 Å². The molecule has 15 heteroatoms. The van der Waals surface area contributed by atoms with Crippen molar-refractivity contribution in [2.75, 3.05) is 72.3 Å². The molecule has 4 rings (SSSR count). The van der Waals surface area contributed by atoms with Crippen LogP contribution in [-0.2, 0) is 19.0 Å². The number of ether oxygens (including phenoxy) is 5.